The minimum absolute atomic E-state index is 0.0886. The van der Waals surface area contributed by atoms with Crippen molar-refractivity contribution in [1.82, 2.24) is 0 Å². The van der Waals surface area contributed by atoms with Crippen LogP contribution in [0.1, 0.15) is 162 Å². The van der Waals surface area contributed by atoms with Gasteiger partial charge in [-0.3, -0.25) is 13.8 Å². The van der Waals surface area contributed by atoms with E-state index in [9.17, 15) is 14.3 Å². The van der Waals surface area contributed by atoms with Crippen molar-refractivity contribution in [2.75, 3.05) is 26.4 Å². The highest BCUT2D eigenvalue weighted by Gasteiger charge is 2.24. The molecule has 0 aliphatic carbocycles. The normalized spacial score (nSPS) is 14.2. The number of rotatable bonds is 38. The van der Waals surface area contributed by atoms with Crippen LogP contribution < -0.4 is 5.73 Å². The first kappa shape index (κ1) is 49.8. The van der Waals surface area contributed by atoms with Crippen molar-refractivity contribution in [2.45, 2.75) is 168 Å². The molecule has 0 aliphatic rings. The molecule has 0 heterocycles. The number of allylic oxidation sites excluding steroid dienone is 11. The van der Waals surface area contributed by atoms with Crippen molar-refractivity contribution >= 4 is 13.8 Å². The summed E-state index contributed by atoms with van der Waals surface area (Å²) >= 11 is 0. The minimum atomic E-state index is -4.28. The first-order valence-corrected chi connectivity index (χ1v) is 22.0. The molecule has 0 aliphatic heterocycles. The van der Waals surface area contributed by atoms with Crippen LogP contribution in [0, 0.1) is 0 Å². The predicted molar refractivity (Wildman–Crippen MR) is 219 cm³/mol. The summed E-state index contributed by atoms with van der Waals surface area (Å²) in [5, 5.41) is 0. The Morgan fingerprint density at radius 2 is 1.04 bits per heavy atom. The molecular weight excluding hydrogens is 673 g/mol. The topological polar surface area (TPSA) is 117 Å². The Hall–Kier alpha value is -2.22. The summed E-state index contributed by atoms with van der Waals surface area (Å²) in [6.07, 6.45) is 50.3. The van der Waals surface area contributed by atoms with Gasteiger partial charge in [0.05, 0.1) is 19.5 Å². The van der Waals surface area contributed by atoms with E-state index in [4.69, 9.17) is 24.3 Å². The molecule has 8 nitrogen and oxygen atoms in total. The quantitative estimate of drug-likeness (QED) is 0.0211. The van der Waals surface area contributed by atoms with Crippen LogP contribution in [0.5, 0.6) is 0 Å². The number of hydrogen-bond acceptors (Lipinski definition) is 7. The monoisotopic (exact) mass is 750 g/mol. The molecule has 0 bridgehead atoms. The predicted octanol–water partition coefficient (Wildman–Crippen LogP) is 12.3. The third-order valence-electron chi connectivity index (χ3n) is 8.23. The van der Waals surface area contributed by atoms with E-state index in [0.29, 0.717) is 6.42 Å². The Bertz CT molecular complexity index is 1020. The minimum Gasteiger partial charge on any atom is -0.492 e. The van der Waals surface area contributed by atoms with Crippen molar-refractivity contribution in [3.05, 3.63) is 73.1 Å². The molecule has 3 N–H and O–H groups in total. The molecule has 0 aromatic rings. The van der Waals surface area contributed by atoms with Crippen LogP contribution in [0.4, 0.5) is 0 Å². The van der Waals surface area contributed by atoms with Gasteiger partial charge >= 0.3 is 13.8 Å². The summed E-state index contributed by atoms with van der Waals surface area (Å²) in [7, 11) is -4.28. The van der Waals surface area contributed by atoms with Gasteiger partial charge in [-0.25, -0.2) is 4.57 Å². The lowest BCUT2D eigenvalue weighted by Gasteiger charge is -2.19. The van der Waals surface area contributed by atoms with Gasteiger partial charge in [0.25, 0.3) is 0 Å². The zero-order valence-corrected chi connectivity index (χ0v) is 33.9. The summed E-state index contributed by atoms with van der Waals surface area (Å²) in [5.41, 5.74) is 5.35. The second-order valence-electron chi connectivity index (χ2n) is 13.2. The molecule has 0 rings (SSSR count). The fraction of sp³-hybridized carbons (Fsp3) is 0.698. The molecule has 0 saturated carbocycles. The third kappa shape index (κ3) is 39.0. The Balaban J connectivity index is 4.25. The van der Waals surface area contributed by atoms with E-state index in [1.54, 1.807) is 6.26 Å². The number of unbranched alkanes of at least 4 members (excludes halogenated alkanes) is 15. The second kappa shape index (κ2) is 40.0. The molecule has 9 heteroatoms. The van der Waals surface area contributed by atoms with E-state index < -0.39 is 13.9 Å². The molecule has 0 aromatic heterocycles. The molecule has 0 fully saturated rings. The highest BCUT2D eigenvalue weighted by molar-refractivity contribution is 7.47. The first-order chi connectivity index (χ1) is 25.4. The number of phosphoric acid groups is 1. The zero-order valence-electron chi connectivity index (χ0n) is 33.0. The molecule has 52 heavy (non-hydrogen) atoms. The Morgan fingerprint density at radius 3 is 1.58 bits per heavy atom. The molecule has 300 valence electrons. The van der Waals surface area contributed by atoms with Gasteiger partial charge in [0.1, 0.15) is 6.61 Å². The summed E-state index contributed by atoms with van der Waals surface area (Å²) in [4.78, 5) is 22.2. The van der Waals surface area contributed by atoms with Crippen LogP contribution in [0.3, 0.4) is 0 Å². The SMILES string of the molecule is CCCCC/C=C\C/C=C\C/C=C\C/C=C\C/C=C\CCC(=O)OC[C@H](COP(=O)(O)OCCN)O/C=C\CCCCCCCCCCCCCC. The van der Waals surface area contributed by atoms with Crippen molar-refractivity contribution in [3.63, 3.8) is 0 Å². The van der Waals surface area contributed by atoms with Crippen LogP contribution >= 0.6 is 7.82 Å². The zero-order chi connectivity index (χ0) is 38.1. The van der Waals surface area contributed by atoms with Gasteiger partial charge in [-0.05, 0) is 63.9 Å². The maximum atomic E-state index is 12.3. The van der Waals surface area contributed by atoms with Crippen molar-refractivity contribution in [2.24, 2.45) is 5.73 Å². The number of esters is 1. The number of carbonyl (C=O) groups is 1. The van der Waals surface area contributed by atoms with Crippen LogP contribution in [-0.4, -0.2) is 43.3 Å². The summed E-state index contributed by atoms with van der Waals surface area (Å²) in [5.74, 6) is -0.372. The summed E-state index contributed by atoms with van der Waals surface area (Å²) in [6, 6.07) is 0. The summed E-state index contributed by atoms with van der Waals surface area (Å²) in [6.45, 7) is 4.09. The number of hydrogen-bond donors (Lipinski definition) is 2. The lowest BCUT2D eigenvalue weighted by Crippen LogP contribution is -2.25. The standard InChI is InChI=1S/C43H76NO7P/c1-3-5-7-9-11-13-15-17-19-20-21-22-23-24-26-28-30-32-34-36-43(45)49-40-42(41-51-52(46,47)50-39-37-44)48-38-35-33-31-29-27-25-18-16-14-12-10-8-6-4-2/h11,13,17,19,21-22,24,26,30,32,35,38,42H,3-10,12,14-16,18,20,23,25,27-29,31,33-34,36-37,39-41,44H2,1-2H3,(H,46,47)/b13-11-,19-17-,22-21-,26-24-,32-30-,38-35-/t42-/m1/s1. The average Bonchev–Trinajstić information content (AvgIpc) is 3.14. The first-order valence-electron chi connectivity index (χ1n) is 20.5. The van der Waals surface area contributed by atoms with Crippen LogP contribution in [0.25, 0.3) is 0 Å². The Labute approximate surface area is 318 Å². The number of carbonyl (C=O) groups excluding carboxylic acids is 1. The van der Waals surface area contributed by atoms with Crippen molar-refractivity contribution in [3.8, 4) is 0 Å². The van der Waals surface area contributed by atoms with Gasteiger partial charge < -0.3 is 20.1 Å². The Kier molecular flexibility index (Phi) is 38.3. The third-order valence-corrected chi connectivity index (χ3v) is 9.21. The van der Waals surface area contributed by atoms with Gasteiger partial charge in [0.15, 0.2) is 6.10 Å². The van der Waals surface area contributed by atoms with Crippen molar-refractivity contribution in [1.29, 1.82) is 0 Å². The fourth-order valence-corrected chi connectivity index (χ4v) is 5.90. The van der Waals surface area contributed by atoms with Gasteiger partial charge in [-0.2, -0.15) is 0 Å². The van der Waals surface area contributed by atoms with E-state index in [-0.39, 0.29) is 38.8 Å². The van der Waals surface area contributed by atoms with E-state index in [1.807, 2.05) is 18.2 Å². The van der Waals surface area contributed by atoms with E-state index >= 15 is 0 Å². The largest absolute Gasteiger partial charge is 0.492 e. The van der Waals surface area contributed by atoms with E-state index in [2.05, 4.69) is 62.5 Å². The highest BCUT2D eigenvalue weighted by atomic mass is 31.2. The van der Waals surface area contributed by atoms with Crippen LogP contribution in [0.2, 0.25) is 0 Å². The number of nitrogens with two attached hydrogens (primary N) is 1. The molecule has 0 spiro atoms. The van der Waals surface area contributed by atoms with Crippen molar-refractivity contribution < 1.29 is 32.8 Å². The van der Waals surface area contributed by atoms with Crippen LogP contribution in [-0.2, 0) is 27.9 Å². The Morgan fingerprint density at radius 1 is 0.596 bits per heavy atom. The van der Waals surface area contributed by atoms with Gasteiger partial charge in [0.2, 0.25) is 0 Å². The molecule has 0 saturated heterocycles. The highest BCUT2D eigenvalue weighted by Crippen LogP contribution is 2.43. The maximum Gasteiger partial charge on any atom is 0.472 e. The molecule has 0 aromatic carbocycles. The lowest BCUT2D eigenvalue weighted by molar-refractivity contribution is -0.147. The average molecular weight is 750 g/mol. The summed E-state index contributed by atoms with van der Waals surface area (Å²) < 4.78 is 33.0. The van der Waals surface area contributed by atoms with Crippen LogP contribution in [0.15, 0.2) is 73.1 Å². The molecule has 0 radical (unpaired) electrons. The maximum absolute atomic E-state index is 12.3. The molecule has 1 unspecified atom stereocenters. The second-order valence-corrected chi connectivity index (χ2v) is 14.7. The molecule has 0 amide bonds. The smallest absolute Gasteiger partial charge is 0.472 e. The van der Waals surface area contributed by atoms with E-state index in [1.165, 1.54) is 96.3 Å². The van der Waals surface area contributed by atoms with Gasteiger partial charge in [0, 0.05) is 13.0 Å². The van der Waals surface area contributed by atoms with E-state index in [0.717, 1.165) is 38.5 Å². The molecule has 2 atom stereocenters. The number of phosphoric ester groups is 1. The fourth-order valence-electron chi connectivity index (χ4n) is 5.14. The number of ether oxygens (including phenoxy) is 2. The van der Waals surface area contributed by atoms with Gasteiger partial charge in [-0.1, -0.05) is 158 Å². The van der Waals surface area contributed by atoms with Gasteiger partial charge in [-0.15, -0.1) is 0 Å². The lowest BCUT2D eigenvalue weighted by atomic mass is 10.0. The molecular formula is C43H76NO7P.